The third kappa shape index (κ3) is 4.97. The second-order valence-electron chi connectivity index (χ2n) is 3.92. The molecule has 82 valence electrons. The molecule has 1 aromatic rings. The van der Waals surface area contributed by atoms with E-state index in [2.05, 4.69) is 20.3 Å². The zero-order chi connectivity index (χ0) is 9.73. The van der Waals surface area contributed by atoms with Gasteiger partial charge in [0.25, 0.3) is 0 Å². The predicted molar refractivity (Wildman–Crippen MR) is 72.7 cm³/mol. The van der Waals surface area contributed by atoms with Gasteiger partial charge in [-0.2, -0.15) is 0 Å². The molecular weight excluding hydrogens is 259 g/mol. The Kier molecular flexibility index (Phi) is 6.39. The monoisotopic (exact) mass is 278 g/mol. The van der Waals surface area contributed by atoms with Crippen molar-refractivity contribution in [2.24, 2.45) is 0 Å². The first-order chi connectivity index (χ1) is 6.14. The molecule has 0 aromatic heterocycles. The molecule has 0 fully saturated rings. The molecule has 0 atom stereocenters. The molecule has 0 aliphatic rings. The Morgan fingerprint density at radius 2 is 1.71 bits per heavy atom. The van der Waals surface area contributed by atoms with E-state index in [-0.39, 0.29) is 17.0 Å². The quantitative estimate of drug-likeness (QED) is 0.757. The van der Waals surface area contributed by atoms with E-state index in [4.69, 9.17) is 4.52 Å². The fraction of sp³-hybridized carbons (Fsp3) is 0.455. The van der Waals surface area contributed by atoms with Crippen molar-refractivity contribution in [3.63, 3.8) is 0 Å². The van der Waals surface area contributed by atoms with Gasteiger partial charge in [0, 0.05) is 0 Å². The van der Waals surface area contributed by atoms with Crippen molar-refractivity contribution in [2.45, 2.75) is 13.3 Å². The van der Waals surface area contributed by atoms with Gasteiger partial charge in [0.2, 0.25) is 0 Å². The van der Waals surface area contributed by atoms with Crippen LogP contribution in [0.25, 0.3) is 0 Å². The van der Waals surface area contributed by atoms with Crippen LogP contribution in [0, 0.1) is 0 Å². The number of rotatable bonds is 4. The van der Waals surface area contributed by atoms with E-state index in [1.54, 1.807) is 0 Å². The molecule has 3 heteroatoms. The molecule has 0 aliphatic heterocycles. The van der Waals surface area contributed by atoms with E-state index >= 15 is 0 Å². The molecule has 0 saturated heterocycles. The second-order valence-corrected chi connectivity index (χ2v) is 8.15. The molecule has 0 amide bonds. The van der Waals surface area contributed by atoms with Gasteiger partial charge < -0.3 is 0 Å². The number of hydrogen-bond acceptors (Lipinski definition) is 1. The molecule has 0 bridgehead atoms. The summed E-state index contributed by atoms with van der Waals surface area (Å²) in [5.74, 6) is 1.02. The van der Waals surface area contributed by atoms with Gasteiger partial charge in [-0.25, -0.2) is 0 Å². The first-order valence-corrected chi connectivity index (χ1v) is 7.99. The molecule has 0 spiro atoms. The molecule has 1 aromatic carbocycles. The topological polar surface area (TPSA) is 9.23 Å². The SMILES string of the molecule is Br.CCC[PH](C)(C)Oc1ccccc1. The Balaban J connectivity index is 0.00000169. The number of benzene rings is 1. The van der Waals surface area contributed by atoms with Gasteiger partial charge in [0.15, 0.2) is 0 Å². The summed E-state index contributed by atoms with van der Waals surface area (Å²) in [6, 6.07) is 10.1. The van der Waals surface area contributed by atoms with Crippen LogP contribution in [0.5, 0.6) is 5.75 Å². The van der Waals surface area contributed by atoms with Crippen molar-refractivity contribution >= 4 is 24.5 Å². The first-order valence-electron chi connectivity index (χ1n) is 4.88. The summed E-state index contributed by atoms with van der Waals surface area (Å²) in [5, 5.41) is 0. The number of halogens is 1. The average molecular weight is 279 g/mol. The summed E-state index contributed by atoms with van der Waals surface area (Å²) in [6.07, 6.45) is 2.44. The summed E-state index contributed by atoms with van der Waals surface area (Å²) < 4.78 is 5.98. The average Bonchev–Trinajstić information content (AvgIpc) is 2.04. The molecule has 0 radical (unpaired) electrons. The summed E-state index contributed by atoms with van der Waals surface area (Å²) in [4.78, 5) is 0. The van der Waals surface area contributed by atoms with Crippen LogP contribution in [0.1, 0.15) is 13.3 Å². The van der Waals surface area contributed by atoms with E-state index in [9.17, 15) is 0 Å². The van der Waals surface area contributed by atoms with Crippen molar-refractivity contribution in [1.29, 1.82) is 0 Å². The van der Waals surface area contributed by atoms with Crippen LogP contribution in [0.15, 0.2) is 30.3 Å². The Morgan fingerprint density at radius 1 is 1.14 bits per heavy atom. The Morgan fingerprint density at radius 3 is 2.21 bits per heavy atom. The normalized spacial score (nSPS) is 11.6. The molecule has 0 aliphatic carbocycles. The van der Waals surface area contributed by atoms with Crippen LogP contribution < -0.4 is 4.52 Å². The molecular formula is C11H20BrOP. The van der Waals surface area contributed by atoms with E-state index in [1.165, 1.54) is 12.6 Å². The Hall–Kier alpha value is -0.0700. The van der Waals surface area contributed by atoms with Crippen molar-refractivity contribution in [3.05, 3.63) is 30.3 Å². The number of hydrogen-bond donors (Lipinski definition) is 0. The fourth-order valence-electron chi connectivity index (χ4n) is 1.46. The van der Waals surface area contributed by atoms with Gasteiger partial charge in [0.1, 0.15) is 0 Å². The second kappa shape index (κ2) is 6.42. The van der Waals surface area contributed by atoms with Crippen LogP contribution in [0.2, 0.25) is 0 Å². The molecule has 14 heavy (non-hydrogen) atoms. The van der Waals surface area contributed by atoms with Gasteiger partial charge in [-0.05, 0) is 0 Å². The van der Waals surface area contributed by atoms with Crippen LogP contribution in [0.3, 0.4) is 0 Å². The van der Waals surface area contributed by atoms with Crippen molar-refractivity contribution < 1.29 is 4.52 Å². The van der Waals surface area contributed by atoms with Crippen molar-refractivity contribution in [2.75, 3.05) is 19.5 Å². The maximum atomic E-state index is 5.98. The summed E-state index contributed by atoms with van der Waals surface area (Å²) in [7, 11) is -1.44. The van der Waals surface area contributed by atoms with Crippen molar-refractivity contribution in [3.8, 4) is 5.75 Å². The third-order valence-electron chi connectivity index (χ3n) is 1.99. The van der Waals surface area contributed by atoms with E-state index in [1.807, 2.05) is 30.3 Å². The van der Waals surface area contributed by atoms with Crippen molar-refractivity contribution in [1.82, 2.24) is 0 Å². The van der Waals surface area contributed by atoms with Crippen LogP contribution in [-0.4, -0.2) is 19.5 Å². The predicted octanol–water partition coefficient (Wildman–Crippen LogP) is 3.98. The fourth-order valence-corrected chi connectivity index (χ4v) is 3.54. The summed E-state index contributed by atoms with van der Waals surface area (Å²) in [5.41, 5.74) is 0. The van der Waals surface area contributed by atoms with Gasteiger partial charge in [0.05, 0.1) is 0 Å². The van der Waals surface area contributed by atoms with Gasteiger partial charge in [-0.1, -0.05) is 0 Å². The third-order valence-corrected chi connectivity index (χ3v) is 4.48. The minimum atomic E-state index is -1.44. The van der Waals surface area contributed by atoms with E-state index < -0.39 is 7.49 Å². The minimum absolute atomic E-state index is 0. The standard InChI is InChI=1S/C11H19OP.BrH/c1-4-10-13(2,3)12-11-8-6-5-7-9-11;/h5-9,13H,4,10H2,1-3H3;1H. The van der Waals surface area contributed by atoms with E-state index in [0.717, 1.165) is 5.75 Å². The molecule has 1 rings (SSSR count). The number of para-hydroxylation sites is 1. The molecule has 0 heterocycles. The van der Waals surface area contributed by atoms with Crippen LogP contribution in [-0.2, 0) is 0 Å². The van der Waals surface area contributed by atoms with Crippen LogP contribution in [0.4, 0.5) is 0 Å². The zero-order valence-corrected chi connectivity index (χ0v) is 11.8. The maximum absolute atomic E-state index is 5.98. The van der Waals surface area contributed by atoms with Gasteiger partial charge in [-0.3, -0.25) is 0 Å². The Bertz CT molecular complexity index is 249. The van der Waals surface area contributed by atoms with E-state index in [0.29, 0.717) is 0 Å². The zero-order valence-electron chi connectivity index (χ0n) is 9.12. The molecule has 1 nitrogen and oxygen atoms in total. The summed E-state index contributed by atoms with van der Waals surface area (Å²) in [6.45, 7) is 6.75. The molecule has 0 saturated carbocycles. The first kappa shape index (κ1) is 13.9. The molecule has 0 N–H and O–H groups in total. The summed E-state index contributed by atoms with van der Waals surface area (Å²) >= 11 is 0. The van der Waals surface area contributed by atoms with Gasteiger partial charge >= 0.3 is 80.9 Å². The van der Waals surface area contributed by atoms with Crippen LogP contribution >= 0.6 is 24.5 Å². The molecule has 0 unspecified atom stereocenters. The Labute approximate surface area is 98.1 Å². The van der Waals surface area contributed by atoms with Gasteiger partial charge in [-0.15, -0.1) is 17.0 Å².